The van der Waals surface area contributed by atoms with E-state index in [4.69, 9.17) is 0 Å². The molecule has 0 saturated heterocycles. The molecule has 0 aliphatic rings. The lowest BCUT2D eigenvalue weighted by Crippen LogP contribution is -2.12. The van der Waals surface area contributed by atoms with Gasteiger partial charge in [-0.25, -0.2) is 15.0 Å². The summed E-state index contributed by atoms with van der Waals surface area (Å²) in [7, 11) is 0. The molecule has 0 saturated carbocycles. The Morgan fingerprint density at radius 3 is 3.16 bits per heavy atom. The predicted molar refractivity (Wildman–Crippen MR) is 75.7 cm³/mol. The number of thioether (sulfide) groups is 1. The van der Waals surface area contributed by atoms with Crippen LogP contribution in [0.15, 0.2) is 39.9 Å². The molecule has 0 fully saturated rings. The number of rotatable bonds is 3. The first kappa shape index (κ1) is 12.3. The van der Waals surface area contributed by atoms with Gasteiger partial charge in [0.25, 0.3) is 5.56 Å². The highest BCUT2D eigenvalue weighted by molar-refractivity contribution is 7.98. The highest BCUT2D eigenvalue weighted by Crippen LogP contribution is 2.18. The fourth-order valence-corrected chi connectivity index (χ4v) is 3.10. The zero-order valence-corrected chi connectivity index (χ0v) is 11.7. The summed E-state index contributed by atoms with van der Waals surface area (Å²) < 4.78 is 1.54. The number of fused-ring (bicyclic) bond motifs is 1. The Hall–Kier alpha value is -1.73. The van der Waals surface area contributed by atoms with E-state index in [1.807, 2.05) is 18.4 Å². The van der Waals surface area contributed by atoms with Crippen molar-refractivity contribution in [2.45, 2.75) is 17.8 Å². The van der Waals surface area contributed by atoms with E-state index < -0.39 is 0 Å². The summed E-state index contributed by atoms with van der Waals surface area (Å²) >= 11 is 2.93. The van der Waals surface area contributed by atoms with Gasteiger partial charge < -0.3 is 0 Å². The normalized spacial score (nSPS) is 11.0. The standard InChI is InChI=1S/C12H10N4OS2/c1-8-2-3-13-11(14-8)19-7-9-6-10(17)16-4-5-18-12(16)15-9/h2-6H,7H2,1H3. The highest BCUT2D eigenvalue weighted by Gasteiger charge is 2.05. The summed E-state index contributed by atoms with van der Waals surface area (Å²) in [6, 6.07) is 3.41. The molecule has 19 heavy (non-hydrogen) atoms. The van der Waals surface area contributed by atoms with E-state index >= 15 is 0 Å². The van der Waals surface area contributed by atoms with Gasteiger partial charge >= 0.3 is 0 Å². The highest BCUT2D eigenvalue weighted by atomic mass is 32.2. The van der Waals surface area contributed by atoms with Crippen molar-refractivity contribution >= 4 is 28.1 Å². The second kappa shape index (κ2) is 5.10. The molecular weight excluding hydrogens is 280 g/mol. The van der Waals surface area contributed by atoms with Crippen molar-refractivity contribution in [1.29, 1.82) is 0 Å². The average Bonchev–Trinajstić information content (AvgIpc) is 2.85. The van der Waals surface area contributed by atoms with E-state index in [2.05, 4.69) is 15.0 Å². The van der Waals surface area contributed by atoms with Gasteiger partial charge in [0, 0.05) is 35.3 Å². The lowest BCUT2D eigenvalue weighted by molar-refractivity contribution is 0.930. The first-order valence-electron chi connectivity index (χ1n) is 5.60. The van der Waals surface area contributed by atoms with Crippen LogP contribution in [0.1, 0.15) is 11.4 Å². The molecule has 0 aliphatic heterocycles. The third-order valence-electron chi connectivity index (χ3n) is 2.48. The SMILES string of the molecule is Cc1ccnc(SCc2cc(=O)n3ccsc3n2)n1. The van der Waals surface area contributed by atoms with Crippen molar-refractivity contribution in [3.05, 3.63) is 51.6 Å². The van der Waals surface area contributed by atoms with Gasteiger partial charge in [0.1, 0.15) is 0 Å². The molecule has 96 valence electrons. The maximum Gasteiger partial charge on any atom is 0.258 e. The molecule has 3 heterocycles. The summed E-state index contributed by atoms with van der Waals surface area (Å²) in [5.41, 5.74) is 1.63. The first-order valence-corrected chi connectivity index (χ1v) is 7.47. The van der Waals surface area contributed by atoms with Crippen LogP contribution in [0.3, 0.4) is 0 Å². The zero-order chi connectivity index (χ0) is 13.2. The molecule has 0 N–H and O–H groups in total. The minimum Gasteiger partial charge on any atom is -0.269 e. The minimum atomic E-state index is -0.0491. The molecule has 3 aromatic rings. The second-order valence-electron chi connectivity index (χ2n) is 3.91. The van der Waals surface area contributed by atoms with E-state index in [0.29, 0.717) is 15.9 Å². The smallest absolute Gasteiger partial charge is 0.258 e. The van der Waals surface area contributed by atoms with Crippen molar-refractivity contribution in [2.75, 3.05) is 0 Å². The predicted octanol–water partition coefficient (Wildman–Crippen LogP) is 2.15. The Kier molecular flexibility index (Phi) is 3.31. The summed E-state index contributed by atoms with van der Waals surface area (Å²) in [6.45, 7) is 1.92. The summed E-state index contributed by atoms with van der Waals surface area (Å²) in [5.74, 6) is 0.590. The van der Waals surface area contributed by atoms with E-state index in [-0.39, 0.29) is 5.56 Å². The average molecular weight is 290 g/mol. The molecule has 0 aliphatic carbocycles. The Balaban J connectivity index is 1.83. The third-order valence-corrected chi connectivity index (χ3v) is 4.13. The molecule has 0 unspecified atom stereocenters. The minimum absolute atomic E-state index is 0.0491. The van der Waals surface area contributed by atoms with E-state index in [9.17, 15) is 4.79 Å². The van der Waals surface area contributed by atoms with Crippen LogP contribution < -0.4 is 5.56 Å². The quantitative estimate of drug-likeness (QED) is 0.546. The maximum atomic E-state index is 11.8. The summed E-state index contributed by atoms with van der Waals surface area (Å²) in [6.07, 6.45) is 3.46. The van der Waals surface area contributed by atoms with Gasteiger partial charge in [-0.3, -0.25) is 9.20 Å². The Morgan fingerprint density at radius 1 is 1.42 bits per heavy atom. The van der Waals surface area contributed by atoms with Crippen LogP contribution in [-0.2, 0) is 5.75 Å². The van der Waals surface area contributed by atoms with Gasteiger partial charge in [-0.05, 0) is 13.0 Å². The van der Waals surface area contributed by atoms with Crippen LogP contribution in [0.5, 0.6) is 0 Å². The van der Waals surface area contributed by atoms with Crippen LogP contribution in [0.25, 0.3) is 4.96 Å². The number of aromatic nitrogens is 4. The number of thiazole rings is 1. The van der Waals surface area contributed by atoms with Crippen LogP contribution in [-0.4, -0.2) is 19.4 Å². The third kappa shape index (κ3) is 2.66. The van der Waals surface area contributed by atoms with Gasteiger partial charge in [0.05, 0.1) is 5.69 Å². The molecule has 0 radical (unpaired) electrons. The largest absolute Gasteiger partial charge is 0.269 e. The maximum absolute atomic E-state index is 11.8. The van der Waals surface area contributed by atoms with Gasteiger partial charge in [0.15, 0.2) is 10.1 Å². The van der Waals surface area contributed by atoms with Crippen LogP contribution in [0.4, 0.5) is 0 Å². The topological polar surface area (TPSA) is 60.2 Å². The first-order chi connectivity index (χ1) is 9.22. The fourth-order valence-electron chi connectivity index (χ4n) is 1.60. The van der Waals surface area contributed by atoms with Gasteiger partial charge in [-0.1, -0.05) is 11.8 Å². The molecule has 0 spiro atoms. The number of nitrogens with zero attached hydrogens (tertiary/aromatic N) is 4. The molecule has 0 amide bonds. The number of hydrogen-bond donors (Lipinski definition) is 0. The molecule has 3 rings (SSSR count). The Morgan fingerprint density at radius 2 is 2.32 bits per heavy atom. The van der Waals surface area contributed by atoms with Crippen molar-refractivity contribution < 1.29 is 0 Å². The van der Waals surface area contributed by atoms with E-state index in [1.165, 1.54) is 23.1 Å². The fraction of sp³-hybridized carbons (Fsp3) is 0.167. The summed E-state index contributed by atoms with van der Waals surface area (Å²) in [5, 5.41) is 2.55. The molecule has 0 aromatic carbocycles. The van der Waals surface area contributed by atoms with Crippen molar-refractivity contribution in [3.63, 3.8) is 0 Å². The van der Waals surface area contributed by atoms with Gasteiger partial charge in [0.2, 0.25) is 0 Å². The monoisotopic (exact) mass is 290 g/mol. The number of hydrogen-bond acceptors (Lipinski definition) is 6. The van der Waals surface area contributed by atoms with E-state index in [0.717, 1.165) is 11.4 Å². The summed E-state index contributed by atoms with van der Waals surface area (Å²) in [4.78, 5) is 25.4. The molecular formula is C12H10N4OS2. The second-order valence-corrected chi connectivity index (χ2v) is 5.73. The van der Waals surface area contributed by atoms with Crippen molar-refractivity contribution in [3.8, 4) is 0 Å². The van der Waals surface area contributed by atoms with Crippen LogP contribution in [0, 0.1) is 6.92 Å². The molecule has 0 bridgehead atoms. The van der Waals surface area contributed by atoms with Crippen LogP contribution >= 0.6 is 23.1 Å². The van der Waals surface area contributed by atoms with Crippen molar-refractivity contribution in [2.24, 2.45) is 0 Å². The Labute approximate surface area is 117 Å². The Bertz CT molecular complexity index is 780. The number of aryl methyl sites for hydroxylation is 1. The molecule has 0 atom stereocenters. The van der Waals surface area contributed by atoms with Gasteiger partial charge in [-0.15, -0.1) is 11.3 Å². The van der Waals surface area contributed by atoms with Crippen molar-refractivity contribution in [1.82, 2.24) is 19.4 Å². The molecule has 3 aromatic heterocycles. The molecule has 7 heteroatoms. The lowest BCUT2D eigenvalue weighted by atomic mass is 10.4. The van der Waals surface area contributed by atoms with E-state index in [1.54, 1.807) is 22.9 Å². The van der Waals surface area contributed by atoms with Crippen LogP contribution in [0.2, 0.25) is 0 Å². The molecule has 5 nitrogen and oxygen atoms in total. The lowest BCUT2D eigenvalue weighted by Gasteiger charge is -2.01. The van der Waals surface area contributed by atoms with Gasteiger partial charge in [-0.2, -0.15) is 0 Å². The zero-order valence-electron chi connectivity index (χ0n) is 10.1.